The second kappa shape index (κ2) is 12.7. The van der Waals surface area contributed by atoms with Crippen molar-refractivity contribution in [2.24, 2.45) is 11.7 Å². The Hall–Kier alpha value is -2.98. The highest BCUT2D eigenvalue weighted by atomic mass is 16.5. The molecule has 38 heavy (non-hydrogen) atoms. The van der Waals surface area contributed by atoms with Crippen molar-refractivity contribution in [3.8, 4) is 5.75 Å². The second-order valence-electron chi connectivity index (χ2n) is 10.5. The third-order valence-electron chi connectivity index (χ3n) is 8.08. The van der Waals surface area contributed by atoms with Gasteiger partial charge in [0.05, 0.1) is 19.1 Å². The van der Waals surface area contributed by atoms with Crippen molar-refractivity contribution in [3.05, 3.63) is 29.3 Å². The monoisotopic (exact) mass is 528 g/mol. The highest BCUT2D eigenvalue weighted by molar-refractivity contribution is 6.01. The van der Waals surface area contributed by atoms with Crippen molar-refractivity contribution < 1.29 is 29.0 Å². The molecule has 0 unspecified atom stereocenters. The van der Waals surface area contributed by atoms with E-state index in [0.29, 0.717) is 45.6 Å². The minimum atomic E-state index is -0.934. The Morgan fingerprint density at radius 1 is 1.13 bits per heavy atom. The quantitative estimate of drug-likeness (QED) is 0.369. The lowest BCUT2D eigenvalue weighted by Crippen LogP contribution is -2.46. The first-order valence-corrected chi connectivity index (χ1v) is 13.9. The summed E-state index contributed by atoms with van der Waals surface area (Å²) in [4.78, 5) is 55.7. The Bertz CT molecular complexity index is 1020. The molecule has 0 aliphatic carbocycles. The zero-order valence-electron chi connectivity index (χ0n) is 22.3. The molecule has 3 atom stereocenters. The maximum Gasteiger partial charge on any atom is 0.308 e. The molecule has 0 spiro atoms. The first-order chi connectivity index (χ1) is 18.3. The lowest BCUT2D eigenvalue weighted by atomic mass is 9.83. The summed E-state index contributed by atoms with van der Waals surface area (Å²) in [5.74, 6) is -1.68. The number of hydrogen-bond donors (Lipinski definition) is 2. The number of imide groups is 1. The van der Waals surface area contributed by atoms with Crippen molar-refractivity contribution in [1.29, 1.82) is 0 Å². The van der Waals surface area contributed by atoms with Gasteiger partial charge in [0.1, 0.15) is 5.75 Å². The van der Waals surface area contributed by atoms with E-state index in [1.54, 1.807) is 0 Å². The molecular weight excluding hydrogens is 488 g/mol. The van der Waals surface area contributed by atoms with Crippen LogP contribution in [0, 0.1) is 5.92 Å². The van der Waals surface area contributed by atoms with Gasteiger partial charge in [-0.25, -0.2) is 0 Å². The molecular formula is C28H40N4O6. The largest absolute Gasteiger partial charge is 0.493 e. The fourth-order valence-electron chi connectivity index (χ4n) is 6.03. The number of ether oxygens (including phenoxy) is 1. The van der Waals surface area contributed by atoms with Gasteiger partial charge in [0, 0.05) is 57.4 Å². The molecule has 1 aromatic rings. The van der Waals surface area contributed by atoms with E-state index in [2.05, 4.69) is 6.92 Å². The number of carbonyl (C=O) groups excluding carboxylic acids is 3. The van der Waals surface area contributed by atoms with Crippen LogP contribution < -0.4 is 10.5 Å². The maximum absolute atomic E-state index is 13.5. The number of rotatable bonds is 13. The Labute approximate surface area is 224 Å². The number of benzene rings is 1. The average molecular weight is 529 g/mol. The molecule has 3 N–H and O–H groups in total. The number of unbranched alkanes of at least 4 members (excludes halogenated alkanes) is 1. The first-order valence-electron chi connectivity index (χ1n) is 13.9. The Morgan fingerprint density at radius 2 is 1.87 bits per heavy atom. The Kier molecular flexibility index (Phi) is 9.38. The maximum atomic E-state index is 13.5. The van der Waals surface area contributed by atoms with Gasteiger partial charge in [0.2, 0.25) is 17.7 Å². The number of fused-ring (bicyclic) bond motifs is 1. The van der Waals surface area contributed by atoms with Gasteiger partial charge in [-0.15, -0.1) is 0 Å². The van der Waals surface area contributed by atoms with E-state index < -0.39 is 17.9 Å². The fourth-order valence-corrected chi connectivity index (χ4v) is 6.03. The molecule has 0 aromatic heterocycles. The lowest BCUT2D eigenvalue weighted by Gasteiger charge is -2.30. The van der Waals surface area contributed by atoms with E-state index in [-0.39, 0.29) is 49.6 Å². The minimum Gasteiger partial charge on any atom is -0.493 e. The summed E-state index contributed by atoms with van der Waals surface area (Å²) < 4.78 is 5.64. The number of hydrogen-bond acceptors (Lipinski definition) is 7. The van der Waals surface area contributed by atoms with Gasteiger partial charge in [0.15, 0.2) is 0 Å². The lowest BCUT2D eigenvalue weighted by molar-refractivity contribution is -0.144. The number of aliphatic carboxylic acids is 1. The molecule has 3 amide bonds. The molecule has 3 heterocycles. The smallest absolute Gasteiger partial charge is 0.308 e. The topological polar surface area (TPSA) is 133 Å². The number of carboxylic acid groups (broad SMARTS) is 1. The van der Waals surface area contributed by atoms with Crippen LogP contribution in [-0.2, 0) is 25.6 Å². The van der Waals surface area contributed by atoms with Crippen LogP contribution in [-0.4, -0.2) is 95.4 Å². The SMILES string of the molecule is CCCCN(CCCN)C(=O)CN1C[C@H](c2ccc3c(c2)CCO3)[C@@H](C(=O)O)[C@@H]1CCN1C(=O)CCC1=O. The summed E-state index contributed by atoms with van der Waals surface area (Å²) in [6, 6.07) is 5.37. The summed E-state index contributed by atoms with van der Waals surface area (Å²) in [6.07, 6.45) is 4.03. The molecule has 10 heteroatoms. The van der Waals surface area contributed by atoms with Crippen LogP contribution in [0.2, 0.25) is 0 Å². The zero-order chi connectivity index (χ0) is 27.2. The molecule has 2 fully saturated rings. The summed E-state index contributed by atoms with van der Waals surface area (Å²) in [5, 5.41) is 10.4. The summed E-state index contributed by atoms with van der Waals surface area (Å²) in [6.45, 7) is 5.06. The normalized spacial score (nSPS) is 23.1. The van der Waals surface area contributed by atoms with Crippen LogP contribution in [0.15, 0.2) is 18.2 Å². The number of nitrogens with zero attached hydrogens (tertiary/aromatic N) is 3. The van der Waals surface area contributed by atoms with Gasteiger partial charge in [-0.1, -0.05) is 25.5 Å². The van der Waals surface area contributed by atoms with Gasteiger partial charge in [0.25, 0.3) is 0 Å². The van der Waals surface area contributed by atoms with Crippen molar-refractivity contribution in [3.63, 3.8) is 0 Å². The van der Waals surface area contributed by atoms with Crippen molar-refractivity contribution in [1.82, 2.24) is 14.7 Å². The van der Waals surface area contributed by atoms with Gasteiger partial charge < -0.3 is 20.5 Å². The molecule has 3 aliphatic rings. The van der Waals surface area contributed by atoms with Crippen LogP contribution in [0.1, 0.15) is 62.5 Å². The molecule has 4 rings (SSSR count). The molecule has 208 valence electrons. The van der Waals surface area contributed by atoms with Gasteiger partial charge in [-0.2, -0.15) is 0 Å². The number of carbonyl (C=O) groups is 4. The van der Waals surface area contributed by atoms with Crippen molar-refractivity contribution in [2.45, 2.75) is 63.8 Å². The number of amides is 3. The predicted molar refractivity (Wildman–Crippen MR) is 141 cm³/mol. The van der Waals surface area contributed by atoms with Gasteiger partial charge in [-0.05, 0) is 43.0 Å². The average Bonchev–Trinajstić information content (AvgIpc) is 3.59. The van der Waals surface area contributed by atoms with E-state index in [4.69, 9.17) is 10.5 Å². The highest BCUT2D eigenvalue weighted by Crippen LogP contribution is 2.41. The number of nitrogens with two attached hydrogens (primary N) is 1. The molecule has 1 aromatic carbocycles. The van der Waals surface area contributed by atoms with E-state index in [1.165, 1.54) is 4.90 Å². The van der Waals surface area contributed by atoms with E-state index in [0.717, 1.165) is 36.1 Å². The molecule has 0 saturated carbocycles. The van der Waals surface area contributed by atoms with E-state index in [1.807, 2.05) is 28.0 Å². The molecule has 0 bridgehead atoms. The number of carboxylic acids is 1. The van der Waals surface area contributed by atoms with Crippen molar-refractivity contribution in [2.75, 3.05) is 45.9 Å². The van der Waals surface area contributed by atoms with Gasteiger partial charge >= 0.3 is 5.97 Å². The minimum absolute atomic E-state index is 0.0441. The highest BCUT2D eigenvalue weighted by Gasteiger charge is 2.47. The Morgan fingerprint density at radius 3 is 2.55 bits per heavy atom. The molecule has 0 radical (unpaired) electrons. The van der Waals surface area contributed by atoms with Gasteiger partial charge in [-0.3, -0.25) is 29.0 Å². The van der Waals surface area contributed by atoms with Crippen molar-refractivity contribution >= 4 is 23.7 Å². The van der Waals surface area contributed by atoms with E-state index in [9.17, 15) is 24.3 Å². The first kappa shape index (κ1) is 28.0. The summed E-state index contributed by atoms with van der Waals surface area (Å²) >= 11 is 0. The van der Waals surface area contributed by atoms with Crippen LogP contribution in [0.5, 0.6) is 5.75 Å². The molecule has 3 aliphatic heterocycles. The molecule has 2 saturated heterocycles. The Balaban J connectivity index is 1.59. The second-order valence-corrected chi connectivity index (χ2v) is 10.5. The molecule has 10 nitrogen and oxygen atoms in total. The van der Waals surface area contributed by atoms with Crippen LogP contribution in [0.4, 0.5) is 0 Å². The fraction of sp³-hybridized carbons (Fsp3) is 0.643. The zero-order valence-corrected chi connectivity index (χ0v) is 22.3. The third kappa shape index (κ3) is 6.18. The summed E-state index contributed by atoms with van der Waals surface area (Å²) in [7, 11) is 0. The van der Waals surface area contributed by atoms with Crippen LogP contribution in [0.3, 0.4) is 0 Å². The van der Waals surface area contributed by atoms with E-state index >= 15 is 0 Å². The third-order valence-corrected chi connectivity index (χ3v) is 8.08. The van der Waals surface area contributed by atoms with Crippen LogP contribution >= 0.6 is 0 Å². The number of likely N-dealkylation sites (tertiary alicyclic amines) is 2. The predicted octanol–water partition coefficient (Wildman–Crippen LogP) is 1.61. The standard InChI is InChI=1S/C28H40N4O6/c1-2-3-12-30(13-4-11-29)26(35)18-31-17-21(19-5-6-23-20(16-19)10-15-38-23)27(28(36)37)22(31)9-14-32-24(33)7-8-25(32)34/h5-6,16,21-22,27H,2-4,7-15,17-18,29H2,1H3,(H,36,37)/t21-,22+,27-/m1/s1. The summed E-state index contributed by atoms with van der Waals surface area (Å²) in [5.41, 5.74) is 7.69. The van der Waals surface area contributed by atoms with Crippen LogP contribution in [0.25, 0.3) is 0 Å².